The van der Waals surface area contributed by atoms with Crippen LogP contribution in [-0.2, 0) is 0 Å². The van der Waals surface area contributed by atoms with Gasteiger partial charge >= 0.3 is 0 Å². The van der Waals surface area contributed by atoms with E-state index in [4.69, 9.17) is 0 Å². The molecular formula is C19H21N. The van der Waals surface area contributed by atoms with Crippen LogP contribution in [0.5, 0.6) is 0 Å². The molecule has 1 aliphatic carbocycles. The van der Waals surface area contributed by atoms with Gasteiger partial charge in [-0.1, -0.05) is 74.0 Å². The van der Waals surface area contributed by atoms with Crippen molar-refractivity contribution >= 4 is 5.70 Å². The standard InChI is InChI=1S/C19H21N/c1-15(20-19-9-5-6-10-19)16-11-13-18(14-12-16)17-7-3-2-4-8-17/h2-4,7-8,11-14,19-20H,1,5-6,9-10H2. The van der Waals surface area contributed by atoms with Crippen molar-refractivity contribution in [3.05, 3.63) is 66.7 Å². The molecule has 3 rings (SSSR count). The summed E-state index contributed by atoms with van der Waals surface area (Å²) in [5.41, 5.74) is 4.75. The van der Waals surface area contributed by atoms with Crippen molar-refractivity contribution in [2.24, 2.45) is 0 Å². The maximum atomic E-state index is 4.18. The molecule has 1 nitrogen and oxygen atoms in total. The van der Waals surface area contributed by atoms with Gasteiger partial charge in [0.25, 0.3) is 0 Å². The monoisotopic (exact) mass is 263 g/mol. The van der Waals surface area contributed by atoms with Gasteiger partial charge in [-0.2, -0.15) is 0 Å². The minimum Gasteiger partial charge on any atom is -0.382 e. The highest BCUT2D eigenvalue weighted by molar-refractivity contribution is 5.68. The van der Waals surface area contributed by atoms with Gasteiger partial charge in [0.15, 0.2) is 0 Å². The van der Waals surface area contributed by atoms with Gasteiger partial charge in [0.2, 0.25) is 0 Å². The summed E-state index contributed by atoms with van der Waals surface area (Å²) in [5, 5.41) is 3.56. The molecule has 0 bridgehead atoms. The van der Waals surface area contributed by atoms with Gasteiger partial charge in [0, 0.05) is 11.7 Å². The van der Waals surface area contributed by atoms with Crippen molar-refractivity contribution in [3.8, 4) is 11.1 Å². The van der Waals surface area contributed by atoms with E-state index < -0.39 is 0 Å². The number of rotatable bonds is 4. The van der Waals surface area contributed by atoms with Gasteiger partial charge in [0.05, 0.1) is 0 Å². The second kappa shape index (κ2) is 5.96. The first-order chi connectivity index (χ1) is 9.83. The van der Waals surface area contributed by atoms with Crippen LogP contribution in [-0.4, -0.2) is 6.04 Å². The van der Waals surface area contributed by atoms with Crippen LogP contribution in [0.4, 0.5) is 0 Å². The van der Waals surface area contributed by atoms with Crippen LogP contribution < -0.4 is 5.32 Å². The second-order valence-electron chi connectivity index (χ2n) is 5.55. The molecule has 1 saturated carbocycles. The first kappa shape index (κ1) is 13.0. The normalized spacial score (nSPS) is 15.2. The first-order valence-electron chi connectivity index (χ1n) is 7.44. The topological polar surface area (TPSA) is 12.0 Å². The molecular weight excluding hydrogens is 242 g/mol. The molecule has 1 aliphatic rings. The maximum absolute atomic E-state index is 4.18. The average Bonchev–Trinajstić information content (AvgIpc) is 3.01. The summed E-state index contributed by atoms with van der Waals surface area (Å²) < 4.78 is 0. The zero-order valence-electron chi connectivity index (χ0n) is 11.8. The van der Waals surface area contributed by atoms with Crippen LogP contribution in [0.25, 0.3) is 16.8 Å². The molecule has 0 heterocycles. The lowest BCUT2D eigenvalue weighted by molar-refractivity contribution is 0.619. The van der Waals surface area contributed by atoms with Gasteiger partial charge in [-0.25, -0.2) is 0 Å². The van der Waals surface area contributed by atoms with Gasteiger partial charge in [-0.3, -0.25) is 0 Å². The molecule has 0 spiro atoms. The van der Waals surface area contributed by atoms with E-state index in [-0.39, 0.29) is 0 Å². The highest BCUT2D eigenvalue weighted by atomic mass is 14.9. The van der Waals surface area contributed by atoms with Crippen molar-refractivity contribution in [2.75, 3.05) is 0 Å². The summed E-state index contributed by atoms with van der Waals surface area (Å²) in [6, 6.07) is 19.8. The van der Waals surface area contributed by atoms with Crippen molar-refractivity contribution in [1.29, 1.82) is 0 Å². The summed E-state index contributed by atoms with van der Waals surface area (Å²) in [4.78, 5) is 0. The van der Waals surface area contributed by atoms with Gasteiger partial charge in [-0.15, -0.1) is 0 Å². The molecule has 1 heteroatoms. The number of nitrogens with one attached hydrogen (secondary N) is 1. The van der Waals surface area contributed by atoms with Crippen LogP contribution in [0.2, 0.25) is 0 Å². The SMILES string of the molecule is C=C(NC1CCCC1)c1ccc(-c2ccccc2)cc1. The first-order valence-corrected chi connectivity index (χ1v) is 7.44. The Hall–Kier alpha value is -2.02. The Kier molecular flexibility index (Phi) is 3.87. The predicted molar refractivity (Wildman–Crippen MR) is 86.3 cm³/mol. The van der Waals surface area contributed by atoms with E-state index >= 15 is 0 Å². The van der Waals surface area contributed by atoms with Crippen molar-refractivity contribution in [1.82, 2.24) is 5.32 Å². The fraction of sp³-hybridized carbons (Fsp3) is 0.263. The zero-order valence-corrected chi connectivity index (χ0v) is 11.8. The van der Waals surface area contributed by atoms with Gasteiger partial charge in [-0.05, 0) is 29.5 Å². The fourth-order valence-electron chi connectivity index (χ4n) is 2.89. The largest absolute Gasteiger partial charge is 0.382 e. The molecule has 0 aromatic heterocycles. The van der Waals surface area contributed by atoms with E-state index in [1.54, 1.807) is 0 Å². The maximum Gasteiger partial charge on any atom is 0.0342 e. The summed E-state index contributed by atoms with van der Waals surface area (Å²) in [7, 11) is 0. The fourth-order valence-corrected chi connectivity index (χ4v) is 2.89. The number of benzene rings is 2. The van der Waals surface area contributed by atoms with E-state index in [1.165, 1.54) is 42.4 Å². The molecule has 2 aromatic rings. The van der Waals surface area contributed by atoms with Crippen LogP contribution in [0.15, 0.2) is 61.2 Å². The lowest BCUT2D eigenvalue weighted by Crippen LogP contribution is -2.23. The van der Waals surface area contributed by atoms with Crippen LogP contribution in [0.1, 0.15) is 31.2 Å². The molecule has 20 heavy (non-hydrogen) atoms. The van der Waals surface area contributed by atoms with Crippen molar-refractivity contribution < 1.29 is 0 Å². The highest BCUT2D eigenvalue weighted by Gasteiger charge is 2.15. The Labute approximate surface area is 121 Å². The van der Waals surface area contributed by atoms with Gasteiger partial charge in [0.1, 0.15) is 0 Å². The van der Waals surface area contributed by atoms with E-state index in [1.807, 2.05) is 6.07 Å². The Morgan fingerprint density at radius 1 is 0.850 bits per heavy atom. The molecule has 0 saturated heterocycles. The minimum absolute atomic E-state index is 0.622. The van der Waals surface area contributed by atoms with Crippen LogP contribution in [0.3, 0.4) is 0 Å². The molecule has 0 radical (unpaired) electrons. The van der Waals surface area contributed by atoms with Crippen LogP contribution >= 0.6 is 0 Å². The molecule has 0 aliphatic heterocycles. The molecule has 102 valence electrons. The average molecular weight is 263 g/mol. The molecule has 0 unspecified atom stereocenters. The van der Waals surface area contributed by atoms with E-state index in [0.29, 0.717) is 6.04 Å². The molecule has 2 aromatic carbocycles. The van der Waals surface area contributed by atoms with Crippen molar-refractivity contribution in [2.45, 2.75) is 31.7 Å². The second-order valence-corrected chi connectivity index (χ2v) is 5.55. The Morgan fingerprint density at radius 2 is 1.45 bits per heavy atom. The third-order valence-electron chi connectivity index (χ3n) is 4.07. The Morgan fingerprint density at radius 3 is 2.10 bits per heavy atom. The molecule has 1 N–H and O–H groups in total. The third kappa shape index (κ3) is 2.93. The van der Waals surface area contributed by atoms with Gasteiger partial charge < -0.3 is 5.32 Å². The summed E-state index contributed by atoms with van der Waals surface area (Å²) >= 11 is 0. The zero-order chi connectivity index (χ0) is 13.8. The molecule has 1 fully saturated rings. The smallest absolute Gasteiger partial charge is 0.0342 e. The minimum atomic E-state index is 0.622. The lowest BCUT2D eigenvalue weighted by Gasteiger charge is -2.16. The Balaban J connectivity index is 1.71. The summed E-state index contributed by atoms with van der Waals surface area (Å²) in [5.74, 6) is 0. The van der Waals surface area contributed by atoms with E-state index in [9.17, 15) is 0 Å². The third-order valence-corrected chi connectivity index (χ3v) is 4.07. The summed E-state index contributed by atoms with van der Waals surface area (Å²) in [6.07, 6.45) is 5.25. The number of hydrogen-bond acceptors (Lipinski definition) is 1. The summed E-state index contributed by atoms with van der Waals surface area (Å²) in [6.45, 7) is 4.18. The lowest BCUT2D eigenvalue weighted by atomic mass is 10.0. The van der Waals surface area contributed by atoms with Crippen LogP contribution in [0, 0.1) is 0 Å². The van der Waals surface area contributed by atoms with E-state index in [2.05, 4.69) is 60.4 Å². The quantitative estimate of drug-likeness (QED) is 0.831. The predicted octanol–water partition coefficient (Wildman–Crippen LogP) is 4.86. The number of hydrogen-bond donors (Lipinski definition) is 1. The van der Waals surface area contributed by atoms with E-state index in [0.717, 1.165) is 5.70 Å². The highest BCUT2D eigenvalue weighted by Crippen LogP contribution is 2.23. The molecule has 0 amide bonds. The Bertz CT molecular complexity index is 562. The molecule has 0 atom stereocenters. The van der Waals surface area contributed by atoms with Crippen molar-refractivity contribution in [3.63, 3.8) is 0 Å².